The summed E-state index contributed by atoms with van der Waals surface area (Å²) in [5, 5.41) is 0.988. The normalized spacial score (nSPS) is 23.9. The molecule has 1 unspecified atom stereocenters. The quantitative estimate of drug-likeness (QED) is 0.735. The number of halogens is 2. The molecule has 1 atom stereocenters. The van der Waals surface area contributed by atoms with Crippen LogP contribution in [0.15, 0.2) is 28.7 Å². The van der Waals surface area contributed by atoms with E-state index in [1.165, 1.54) is 0 Å². The molecular formula is C13H16Br2O2. The Morgan fingerprint density at radius 3 is 2.94 bits per heavy atom. The van der Waals surface area contributed by atoms with Crippen LogP contribution in [0.5, 0.6) is 5.75 Å². The summed E-state index contributed by atoms with van der Waals surface area (Å²) < 4.78 is 12.3. The number of alkyl halides is 1. The van der Waals surface area contributed by atoms with Gasteiger partial charge in [0, 0.05) is 21.8 Å². The van der Waals surface area contributed by atoms with Gasteiger partial charge in [0.25, 0.3) is 0 Å². The Kier molecular flexibility index (Phi) is 4.88. The summed E-state index contributed by atoms with van der Waals surface area (Å²) in [5.41, 5.74) is 0.270. The number of hydrogen-bond acceptors (Lipinski definition) is 2. The molecule has 1 saturated heterocycles. The SMILES string of the molecule is BrCC1(CCOc2cccc(Br)c2)CCOC1. The fourth-order valence-electron chi connectivity index (χ4n) is 1.96. The second kappa shape index (κ2) is 6.21. The first-order valence-corrected chi connectivity index (χ1v) is 7.68. The zero-order chi connectivity index (χ0) is 12.1. The minimum Gasteiger partial charge on any atom is -0.494 e. The fourth-order valence-corrected chi connectivity index (χ4v) is 3.06. The van der Waals surface area contributed by atoms with Gasteiger partial charge in [-0.05, 0) is 31.0 Å². The van der Waals surface area contributed by atoms with Crippen molar-refractivity contribution in [1.82, 2.24) is 0 Å². The second-order valence-corrected chi connectivity index (χ2v) is 5.97. The van der Waals surface area contributed by atoms with Crippen molar-refractivity contribution in [3.8, 4) is 5.75 Å². The van der Waals surface area contributed by atoms with Crippen LogP contribution in [0.3, 0.4) is 0 Å². The van der Waals surface area contributed by atoms with Gasteiger partial charge in [0.05, 0.1) is 13.2 Å². The Morgan fingerprint density at radius 2 is 2.29 bits per heavy atom. The zero-order valence-corrected chi connectivity index (χ0v) is 12.8. The van der Waals surface area contributed by atoms with Crippen molar-refractivity contribution in [2.45, 2.75) is 12.8 Å². The van der Waals surface area contributed by atoms with Gasteiger partial charge >= 0.3 is 0 Å². The van der Waals surface area contributed by atoms with Gasteiger partial charge in [-0.3, -0.25) is 0 Å². The highest BCUT2D eigenvalue weighted by Gasteiger charge is 2.33. The molecule has 1 aromatic carbocycles. The van der Waals surface area contributed by atoms with E-state index in [1.807, 2.05) is 24.3 Å². The topological polar surface area (TPSA) is 18.5 Å². The molecule has 0 N–H and O–H groups in total. The van der Waals surface area contributed by atoms with Gasteiger partial charge in [-0.2, -0.15) is 0 Å². The van der Waals surface area contributed by atoms with Gasteiger partial charge in [-0.1, -0.05) is 37.9 Å². The smallest absolute Gasteiger partial charge is 0.120 e. The highest BCUT2D eigenvalue weighted by Crippen LogP contribution is 2.34. The van der Waals surface area contributed by atoms with Crippen LogP contribution in [0.1, 0.15) is 12.8 Å². The summed E-state index contributed by atoms with van der Waals surface area (Å²) in [5.74, 6) is 0.919. The van der Waals surface area contributed by atoms with Gasteiger partial charge in [0.1, 0.15) is 5.75 Å². The average Bonchev–Trinajstić information content (AvgIpc) is 2.79. The lowest BCUT2D eigenvalue weighted by atomic mass is 9.87. The zero-order valence-electron chi connectivity index (χ0n) is 9.62. The minimum atomic E-state index is 0.270. The first-order chi connectivity index (χ1) is 8.24. The van der Waals surface area contributed by atoms with E-state index >= 15 is 0 Å². The summed E-state index contributed by atoms with van der Waals surface area (Å²) in [4.78, 5) is 0. The van der Waals surface area contributed by atoms with Crippen molar-refractivity contribution < 1.29 is 9.47 Å². The summed E-state index contributed by atoms with van der Waals surface area (Å²) in [6.45, 7) is 2.47. The molecule has 0 amide bonds. The van der Waals surface area contributed by atoms with Gasteiger partial charge in [-0.15, -0.1) is 0 Å². The third-order valence-electron chi connectivity index (χ3n) is 3.17. The Balaban J connectivity index is 1.82. The molecule has 17 heavy (non-hydrogen) atoms. The maximum absolute atomic E-state index is 5.77. The van der Waals surface area contributed by atoms with Gasteiger partial charge < -0.3 is 9.47 Å². The average molecular weight is 364 g/mol. The highest BCUT2D eigenvalue weighted by atomic mass is 79.9. The Bertz CT molecular complexity index is 362. The van der Waals surface area contributed by atoms with Crippen LogP contribution >= 0.6 is 31.9 Å². The van der Waals surface area contributed by atoms with E-state index in [-0.39, 0.29) is 5.41 Å². The van der Waals surface area contributed by atoms with Crippen molar-refractivity contribution in [2.24, 2.45) is 5.41 Å². The molecule has 0 radical (unpaired) electrons. The Labute approximate surface area is 119 Å². The van der Waals surface area contributed by atoms with Crippen LogP contribution in [0.2, 0.25) is 0 Å². The van der Waals surface area contributed by atoms with Crippen molar-refractivity contribution in [2.75, 3.05) is 25.2 Å². The maximum Gasteiger partial charge on any atom is 0.120 e. The van der Waals surface area contributed by atoms with Crippen LogP contribution in [-0.4, -0.2) is 25.2 Å². The molecule has 0 saturated carbocycles. The van der Waals surface area contributed by atoms with Crippen LogP contribution < -0.4 is 4.74 Å². The monoisotopic (exact) mass is 362 g/mol. The maximum atomic E-state index is 5.77. The molecule has 1 fully saturated rings. The Morgan fingerprint density at radius 1 is 1.41 bits per heavy atom. The van der Waals surface area contributed by atoms with Gasteiger partial charge in [0.2, 0.25) is 0 Å². The predicted molar refractivity (Wildman–Crippen MR) is 75.9 cm³/mol. The molecular weight excluding hydrogens is 348 g/mol. The summed E-state index contributed by atoms with van der Waals surface area (Å²) in [6, 6.07) is 7.96. The molecule has 94 valence electrons. The van der Waals surface area contributed by atoms with Crippen LogP contribution in [0.4, 0.5) is 0 Å². The van der Waals surface area contributed by atoms with Crippen LogP contribution in [0, 0.1) is 5.41 Å². The molecule has 2 rings (SSSR count). The fraction of sp³-hybridized carbons (Fsp3) is 0.538. The van der Waals surface area contributed by atoms with E-state index in [4.69, 9.17) is 9.47 Å². The lowest BCUT2D eigenvalue weighted by Gasteiger charge is -2.24. The van der Waals surface area contributed by atoms with Crippen LogP contribution in [-0.2, 0) is 4.74 Å². The van der Waals surface area contributed by atoms with E-state index in [9.17, 15) is 0 Å². The molecule has 1 aliphatic heterocycles. The van der Waals surface area contributed by atoms with E-state index in [0.717, 1.165) is 48.2 Å². The number of benzene rings is 1. The van der Waals surface area contributed by atoms with Crippen LogP contribution in [0.25, 0.3) is 0 Å². The second-order valence-electron chi connectivity index (χ2n) is 4.49. The molecule has 0 aromatic heterocycles. The molecule has 0 spiro atoms. The van der Waals surface area contributed by atoms with E-state index in [0.29, 0.717) is 0 Å². The molecule has 1 heterocycles. The lowest BCUT2D eigenvalue weighted by molar-refractivity contribution is 0.144. The van der Waals surface area contributed by atoms with E-state index in [2.05, 4.69) is 31.9 Å². The standard InChI is InChI=1S/C13H16Br2O2/c14-9-13(4-6-16-10-13)5-7-17-12-3-1-2-11(15)8-12/h1-3,8H,4-7,9-10H2. The summed E-state index contributed by atoms with van der Waals surface area (Å²) >= 11 is 7.03. The first-order valence-electron chi connectivity index (χ1n) is 5.76. The highest BCUT2D eigenvalue weighted by molar-refractivity contribution is 9.10. The number of ether oxygens (including phenoxy) is 2. The molecule has 1 aliphatic rings. The van der Waals surface area contributed by atoms with E-state index in [1.54, 1.807) is 0 Å². The predicted octanol–water partition coefficient (Wildman–Crippen LogP) is 4.02. The summed E-state index contributed by atoms with van der Waals surface area (Å²) in [6.07, 6.45) is 2.16. The molecule has 1 aromatic rings. The number of hydrogen-bond donors (Lipinski definition) is 0. The van der Waals surface area contributed by atoms with Gasteiger partial charge in [-0.25, -0.2) is 0 Å². The van der Waals surface area contributed by atoms with Gasteiger partial charge in [0.15, 0.2) is 0 Å². The van der Waals surface area contributed by atoms with E-state index < -0.39 is 0 Å². The first kappa shape index (κ1) is 13.4. The van der Waals surface area contributed by atoms with Crippen molar-refractivity contribution in [3.63, 3.8) is 0 Å². The van der Waals surface area contributed by atoms with Crippen molar-refractivity contribution in [1.29, 1.82) is 0 Å². The van der Waals surface area contributed by atoms with Crippen molar-refractivity contribution in [3.05, 3.63) is 28.7 Å². The minimum absolute atomic E-state index is 0.270. The molecule has 4 heteroatoms. The Hall–Kier alpha value is -0.0600. The van der Waals surface area contributed by atoms with Crippen molar-refractivity contribution >= 4 is 31.9 Å². The summed E-state index contributed by atoms with van der Waals surface area (Å²) in [7, 11) is 0. The number of rotatable bonds is 5. The molecule has 2 nitrogen and oxygen atoms in total. The third kappa shape index (κ3) is 3.70. The molecule has 0 bridgehead atoms. The third-order valence-corrected chi connectivity index (χ3v) is 4.85. The molecule has 0 aliphatic carbocycles. The largest absolute Gasteiger partial charge is 0.494 e. The lowest BCUT2D eigenvalue weighted by Crippen LogP contribution is -2.25.